The number of nitriles is 1. The quantitative estimate of drug-likeness (QED) is 0.904. The first-order chi connectivity index (χ1) is 7.81. The fourth-order valence-corrected chi connectivity index (χ4v) is 2.35. The van der Waals surface area contributed by atoms with Crippen LogP contribution in [0.1, 0.15) is 24.8 Å². The first-order valence-electron chi connectivity index (χ1n) is 5.51. The molecule has 1 aromatic rings. The zero-order valence-corrected chi connectivity index (χ0v) is 10.6. The number of rotatable bonds is 2. The summed E-state index contributed by atoms with van der Waals surface area (Å²) >= 11 is 3.47. The Morgan fingerprint density at radius 1 is 1.25 bits per heavy atom. The molecule has 0 atom stereocenters. The predicted octanol–water partition coefficient (Wildman–Crippen LogP) is 3.13. The van der Waals surface area contributed by atoms with Crippen LogP contribution in [0.25, 0.3) is 0 Å². The van der Waals surface area contributed by atoms with E-state index in [1.807, 2.05) is 18.2 Å². The van der Waals surface area contributed by atoms with Crippen LogP contribution in [0, 0.1) is 11.3 Å². The highest BCUT2D eigenvalue weighted by Gasteiger charge is 2.13. The van der Waals surface area contributed by atoms with Gasteiger partial charge in [0, 0.05) is 17.6 Å². The first-order valence-corrected chi connectivity index (χ1v) is 6.31. The van der Waals surface area contributed by atoms with Crippen molar-refractivity contribution >= 4 is 21.6 Å². The summed E-state index contributed by atoms with van der Waals surface area (Å²) in [5.41, 5.74) is 4.89. The lowest BCUT2D eigenvalue weighted by Gasteiger charge is -2.28. The molecule has 1 aromatic carbocycles. The van der Waals surface area contributed by atoms with Crippen LogP contribution >= 0.6 is 15.9 Å². The lowest BCUT2D eigenvalue weighted by Crippen LogP contribution is -2.35. The number of anilines is 1. The van der Waals surface area contributed by atoms with E-state index in [-0.39, 0.29) is 0 Å². The van der Waals surface area contributed by atoms with Crippen LogP contribution in [0.4, 0.5) is 5.69 Å². The number of nitrogens with one attached hydrogen (secondary N) is 1. The van der Waals surface area contributed by atoms with E-state index in [0.29, 0.717) is 5.56 Å². The van der Waals surface area contributed by atoms with Gasteiger partial charge in [-0.15, -0.1) is 0 Å². The van der Waals surface area contributed by atoms with Crippen LogP contribution in [0.5, 0.6) is 0 Å². The largest absolute Gasteiger partial charge is 0.317 e. The van der Waals surface area contributed by atoms with Crippen LogP contribution in [0.15, 0.2) is 22.7 Å². The molecule has 16 heavy (non-hydrogen) atoms. The van der Waals surface area contributed by atoms with Gasteiger partial charge in [0.05, 0.1) is 11.3 Å². The van der Waals surface area contributed by atoms with Gasteiger partial charge >= 0.3 is 0 Å². The molecule has 4 heteroatoms. The zero-order chi connectivity index (χ0) is 11.4. The van der Waals surface area contributed by atoms with Gasteiger partial charge in [0.25, 0.3) is 0 Å². The van der Waals surface area contributed by atoms with Crippen LogP contribution < -0.4 is 5.43 Å². The van der Waals surface area contributed by atoms with E-state index in [0.717, 1.165) is 23.2 Å². The van der Waals surface area contributed by atoms with Crippen molar-refractivity contribution in [1.29, 1.82) is 5.26 Å². The number of para-hydroxylation sites is 1. The number of hydrogen-bond donors (Lipinski definition) is 1. The molecular formula is C12H14BrN3. The summed E-state index contributed by atoms with van der Waals surface area (Å²) in [5, 5.41) is 11.2. The summed E-state index contributed by atoms with van der Waals surface area (Å²) in [6.45, 7) is 2.10. The molecule has 0 unspecified atom stereocenters. The first kappa shape index (κ1) is 11.4. The minimum Gasteiger partial charge on any atom is -0.317 e. The number of hydrazine groups is 1. The highest BCUT2D eigenvalue weighted by molar-refractivity contribution is 9.10. The lowest BCUT2D eigenvalue weighted by molar-refractivity contribution is 0.273. The van der Waals surface area contributed by atoms with Crippen molar-refractivity contribution in [2.24, 2.45) is 0 Å². The molecule has 0 saturated carbocycles. The molecular weight excluding hydrogens is 266 g/mol. The summed E-state index contributed by atoms with van der Waals surface area (Å²) in [4.78, 5) is 0. The molecule has 0 bridgehead atoms. The highest BCUT2D eigenvalue weighted by atomic mass is 79.9. The summed E-state index contributed by atoms with van der Waals surface area (Å²) in [6.07, 6.45) is 3.75. The Kier molecular flexibility index (Phi) is 3.81. The molecule has 0 spiro atoms. The third-order valence-corrected chi connectivity index (χ3v) is 3.42. The van der Waals surface area contributed by atoms with E-state index in [4.69, 9.17) is 5.26 Å². The van der Waals surface area contributed by atoms with Crippen molar-refractivity contribution in [1.82, 2.24) is 5.01 Å². The average Bonchev–Trinajstić information content (AvgIpc) is 2.33. The highest BCUT2D eigenvalue weighted by Crippen LogP contribution is 2.27. The lowest BCUT2D eigenvalue weighted by atomic mass is 10.1. The monoisotopic (exact) mass is 279 g/mol. The second-order valence-corrected chi connectivity index (χ2v) is 4.79. The minimum atomic E-state index is 0.681. The Morgan fingerprint density at radius 3 is 2.69 bits per heavy atom. The standard InChI is InChI=1S/C12H14BrN3/c13-11-6-4-5-10(9-14)12(11)15-16-7-2-1-3-8-16/h4-6,15H,1-3,7-8H2. The summed E-state index contributed by atoms with van der Waals surface area (Å²) in [7, 11) is 0. The molecule has 0 aromatic heterocycles. The second-order valence-electron chi connectivity index (χ2n) is 3.93. The van der Waals surface area contributed by atoms with E-state index >= 15 is 0 Å². The SMILES string of the molecule is N#Cc1cccc(Br)c1NN1CCCCC1. The number of benzene rings is 1. The second kappa shape index (κ2) is 5.33. The third kappa shape index (κ3) is 2.55. The molecule has 3 nitrogen and oxygen atoms in total. The molecule has 0 radical (unpaired) electrons. The van der Waals surface area contributed by atoms with Gasteiger partial charge in [-0.2, -0.15) is 5.26 Å². The van der Waals surface area contributed by atoms with E-state index in [1.54, 1.807) is 0 Å². The van der Waals surface area contributed by atoms with Crippen molar-refractivity contribution in [3.8, 4) is 6.07 Å². The smallest absolute Gasteiger partial charge is 0.101 e. The molecule has 84 valence electrons. The minimum absolute atomic E-state index is 0.681. The number of piperidine rings is 1. The molecule has 1 aliphatic heterocycles. The van der Waals surface area contributed by atoms with Crippen LogP contribution in [-0.2, 0) is 0 Å². The third-order valence-electron chi connectivity index (χ3n) is 2.76. The maximum Gasteiger partial charge on any atom is 0.101 e. The Bertz CT molecular complexity index is 405. The average molecular weight is 280 g/mol. The van der Waals surface area contributed by atoms with Gasteiger partial charge in [-0.25, -0.2) is 5.01 Å². The van der Waals surface area contributed by atoms with Crippen LogP contribution in [0.2, 0.25) is 0 Å². The van der Waals surface area contributed by atoms with Crippen molar-refractivity contribution in [3.05, 3.63) is 28.2 Å². The van der Waals surface area contributed by atoms with E-state index in [1.165, 1.54) is 19.3 Å². The molecule has 1 heterocycles. The maximum atomic E-state index is 9.04. The number of hydrogen-bond acceptors (Lipinski definition) is 3. The molecule has 1 fully saturated rings. The van der Waals surface area contributed by atoms with Gasteiger partial charge in [0.2, 0.25) is 0 Å². The number of nitrogens with zero attached hydrogens (tertiary/aromatic N) is 2. The van der Waals surface area contributed by atoms with Crippen molar-refractivity contribution in [2.75, 3.05) is 18.5 Å². The van der Waals surface area contributed by atoms with Gasteiger partial charge in [0.1, 0.15) is 6.07 Å². The summed E-state index contributed by atoms with van der Waals surface area (Å²) < 4.78 is 0.942. The van der Waals surface area contributed by atoms with Crippen LogP contribution in [0.3, 0.4) is 0 Å². The Morgan fingerprint density at radius 2 is 2.00 bits per heavy atom. The Balaban J connectivity index is 2.16. The van der Waals surface area contributed by atoms with Crippen LogP contribution in [-0.4, -0.2) is 18.1 Å². The van der Waals surface area contributed by atoms with Crippen molar-refractivity contribution in [2.45, 2.75) is 19.3 Å². The molecule has 2 rings (SSSR count). The topological polar surface area (TPSA) is 39.1 Å². The Hall–Kier alpha value is -1.05. The predicted molar refractivity (Wildman–Crippen MR) is 67.9 cm³/mol. The van der Waals surface area contributed by atoms with E-state index in [2.05, 4.69) is 32.4 Å². The van der Waals surface area contributed by atoms with E-state index < -0.39 is 0 Å². The van der Waals surface area contributed by atoms with Gasteiger partial charge in [0.15, 0.2) is 0 Å². The number of halogens is 1. The molecule has 1 saturated heterocycles. The molecule has 1 N–H and O–H groups in total. The normalized spacial score (nSPS) is 16.8. The van der Waals surface area contributed by atoms with Crippen molar-refractivity contribution < 1.29 is 0 Å². The molecule has 0 aliphatic carbocycles. The van der Waals surface area contributed by atoms with E-state index in [9.17, 15) is 0 Å². The van der Waals surface area contributed by atoms with Gasteiger partial charge < -0.3 is 5.43 Å². The maximum absolute atomic E-state index is 9.04. The fraction of sp³-hybridized carbons (Fsp3) is 0.417. The summed E-state index contributed by atoms with van der Waals surface area (Å²) in [5.74, 6) is 0. The Labute approximate surface area is 104 Å². The molecule has 1 aliphatic rings. The van der Waals surface area contributed by atoms with Gasteiger partial charge in [-0.05, 0) is 40.9 Å². The molecule has 0 amide bonds. The van der Waals surface area contributed by atoms with Gasteiger partial charge in [-0.3, -0.25) is 0 Å². The zero-order valence-electron chi connectivity index (χ0n) is 9.04. The van der Waals surface area contributed by atoms with Crippen molar-refractivity contribution in [3.63, 3.8) is 0 Å². The summed E-state index contributed by atoms with van der Waals surface area (Å²) in [6, 6.07) is 7.87. The van der Waals surface area contributed by atoms with Gasteiger partial charge in [-0.1, -0.05) is 12.5 Å². The fourth-order valence-electron chi connectivity index (χ4n) is 1.89.